The van der Waals surface area contributed by atoms with Gasteiger partial charge in [-0.1, -0.05) is 19.1 Å². The molecule has 0 bridgehead atoms. The highest BCUT2D eigenvalue weighted by atomic mass is 16.5. The fraction of sp³-hybridized carbons (Fsp3) is 0.647. The van der Waals surface area contributed by atoms with Gasteiger partial charge in [-0.25, -0.2) is 0 Å². The van der Waals surface area contributed by atoms with Gasteiger partial charge in [0.05, 0.1) is 6.10 Å². The van der Waals surface area contributed by atoms with E-state index in [4.69, 9.17) is 9.47 Å². The highest BCUT2D eigenvalue weighted by Gasteiger charge is 2.23. The average Bonchev–Trinajstić information content (AvgIpc) is 2.91. The second kappa shape index (κ2) is 8.37. The Morgan fingerprint density at radius 3 is 2.76 bits per heavy atom. The normalized spacial score (nSPS) is 23.2. The number of aliphatic hydroxyl groups excluding tert-OH is 1. The Bertz CT molecular complexity index is 407. The molecule has 1 heterocycles. The number of aryl methyl sites for hydroxylation is 1. The zero-order chi connectivity index (χ0) is 15.1. The van der Waals surface area contributed by atoms with E-state index in [1.807, 2.05) is 12.1 Å². The monoisotopic (exact) mass is 293 g/mol. The molecule has 2 rings (SSSR count). The molecule has 0 radical (unpaired) electrons. The van der Waals surface area contributed by atoms with Gasteiger partial charge < -0.3 is 19.9 Å². The Morgan fingerprint density at radius 1 is 1.38 bits per heavy atom. The van der Waals surface area contributed by atoms with Gasteiger partial charge in [-0.3, -0.25) is 0 Å². The summed E-state index contributed by atoms with van der Waals surface area (Å²) in [5.41, 5.74) is 1.29. The molecule has 0 amide bonds. The topological polar surface area (TPSA) is 50.7 Å². The zero-order valence-electron chi connectivity index (χ0n) is 13.0. The number of aliphatic hydroxyl groups is 1. The summed E-state index contributed by atoms with van der Waals surface area (Å²) in [7, 11) is 0. The van der Waals surface area contributed by atoms with E-state index in [0.29, 0.717) is 25.2 Å². The first kappa shape index (κ1) is 16.3. The van der Waals surface area contributed by atoms with Crippen molar-refractivity contribution in [3.05, 3.63) is 29.8 Å². The molecule has 0 spiro atoms. The number of rotatable bonds is 8. The van der Waals surface area contributed by atoms with Crippen LogP contribution in [0.1, 0.15) is 25.8 Å². The predicted octanol–water partition coefficient (Wildman–Crippen LogP) is 2.00. The van der Waals surface area contributed by atoms with Crippen molar-refractivity contribution in [3.8, 4) is 5.75 Å². The molecule has 0 aliphatic carbocycles. The first-order chi connectivity index (χ1) is 10.2. The van der Waals surface area contributed by atoms with Gasteiger partial charge in [0.1, 0.15) is 18.5 Å². The molecule has 1 saturated heterocycles. The van der Waals surface area contributed by atoms with Gasteiger partial charge in [-0.05, 0) is 43.4 Å². The van der Waals surface area contributed by atoms with Crippen molar-refractivity contribution >= 4 is 0 Å². The van der Waals surface area contributed by atoms with E-state index >= 15 is 0 Å². The number of hydrogen-bond acceptors (Lipinski definition) is 4. The lowest BCUT2D eigenvalue weighted by Gasteiger charge is -2.17. The number of benzene rings is 1. The standard InChI is InChI=1S/C17H27NO3/c1-3-14-4-6-17(7-5-14)21-12-16(19)11-18-10-15-8-9-20-13(15)2/h4-7,13,15-16,18-19H,3,8-12H2,1-2H3. The quantitative estimate of drug-likeness (QED) is 0.770. The number of nitrogens with one attached hydrogen (secondary N) is 1. The van der Waals surface area contributed by atoms with E-state index in [9.17, 15) is 5.11 Å². The first-order valence-electron chi connectivity index (χ1n) is 7.91. The van der Waals surface area contributed by atoms with Crippen LogP contribution in [-0.2, 0) is 11.2 Å². The van der Waals surface area contributed by atoms with Crippen LogP contribution in [0.3, 0.4) is 0 Å². The van der Waals surface area contributed by atoms with Crippen molar-refractivity contribution in [1.29, 1.82) is 0 Å². The minimum Gasteiger partial charge on any atom is -0.491 e. The lowest BCUT2D eigenvalue weighted by molar-refractivity contribution is 0.0946. The van der Waals surface area contributed by atoms with Crippen LogP contribution >= 0.6 is 0 Å². The fourth-order valence-corrected chi connectivity index (χ4v) is 2.55. The molecule has 4 heteroatoms. The lowest BCUT2D eigenvalue weighted by atomic mass is 10.0. The minimum atomic E-state index is -0.492. The molecular formula is C17H27NO3. The summed E-state index contributed by atoms with van der Waals surface area (Å²) in [4.78, 5) is 0. The van der Waals surface area contributed by atoms with Crippen molar-refractivity contribution in [2.45, 2.75) is 38.9 Å². The van der Waals surface area contributed by atoms with Crippen molar-refractivity contribution in [3.63, 3.8) is 0 Å². The molecule has 1 fully saturated rings. The summed E-state index contributed by atoms with van der Waals surface area (Å²) < 4.78 is 11.1. The Hall–Kier alpha value is -1.10. The van der Waals surface area contributed by atoms with Crippen LogP contribution in [0.4, 0.5) is 0 Å². The van der Waals surface area contributed by atoms with Gasteiger partial charge in [0, 0.05) is 19.7 Å². The van der Waals surface area contributed by atoms with Crippen molar-refractivity contribution in [1.82, 2.24) is 5.32 Å². The van der Waals surface area contributed by atoms with Gasteiger partial charge in [0.25, 0.3) is 0 Å². The molecule has 0 aromatic heterocycles. The molecule has 1 aromatic carbocycles. The second-order valence-corrected chi connectivity index (χ2v) is 5.75. The molecular weight excluding hydrogens is 266 g/mol. The Kier molecular flexibility index (Phi) is 6.49. The molecule has 2 N–H and O–H groups in total. The average molecular weight is 293 g/mol. The van der Waals surface area contributed by atoms with E-state index in [1.165, 1.54) is 5.56 Å². The highest BCUT2D eigenvalue weighted by molar-refractivity contribution is 5.27. The largest absolute Gasteiger partial charge is 0.491 e. The van der Waals surface area contributed by atoms with Crippen LogP contribution in [0, 0.1) is 5.92 Å². The van der Waals surface area contributed by atoms with Gasteiger partial charge in [0.2, 0.25) is 0 Å². The third kappa shape index (κ3) is 5.30. The first-order valence-corrected chi connectivity index (χ1v) is 7.91. The summed E-state index contributed by atoms with van der Waals surface area (Å²) in [6.07, 6.45) is 1.96. The van der Waals surface area contributed by atoms with Crippen LogP contribution < -0.4 is 10.1 Å². The molecule has 0 saturated carbocycles. The lowest BCUT2D eigenvalue weighted by Crippen LogP contribution is -2.35. The molecule has 3 unspecified atom stereocenters. The van der Waals surface area contributed by atoms with E-state index in [1.54, 1.807) is 0 Å². The molecule has 4 nitrogen and oxygen atoms in total. The molecule has 118 valence electrons. The predicted molar refractivity (Wildman–Crippen MR) is 83.7 cm³/mol. The molecule has 21 heavy (non-hydrogen) atoms. The molecule has 1 aliphatic rings. The number of ether oxygens (including phenoxy) is 2. The zero-order valence-corrected chi connectivity index (χ0v) is 13.0. The van der Waals surface area contributed by atoms with Crippen LogP contribution in [0.5, 0.6) is 5.75 Å². The number of hydrogen-bond donors (Lipinski definition) is 2. The summed E-state index contributed by atoms with van der Waals surface area (Å²) >= 11 is 0. The molecule has 1 aromatic rings. The maximum Gasteiger partial charge on any atom is 0.119 e. The van der Waals surface area contributed by atoms with Crippen LogP contribution in [0.25, 0.3) is 0 Å². The van der Waals surface area contributed by atoms with Gasteiger partial charge in [-0.2, -0.15) is 0 Å². The third-order valence-electron chi connectivity index (χ3n) is 4.09. The van der Waals surface area contributed by atoms with E-state index in [2.05, 4.69) is 31.3 Å². The SMILES string of the molecule is CCc1ccc(OCC(O)CNCC2CCOC2C)cc1. The van der Waals surface area contributed by atoms with Crippen molar-refractivity contribution in [2.24, 2.45) is 5.92 Å². The van der Waals surface area contributed by atoms with Gasteiger partial charge in [0.15, 0.2) is 0 Å². The maximum atomic E-state index is 9.93. The fourth-order valence-electron chi connectivity index (χ4n) is 2.55. The molecule has 1 aliphatic heterocycles. The van der Waals surface area contributed by atoms with Gasteiger partial charge >= 0.3 is 0 Å². The highest BCUT2D eigenvalue weighted by Crippen LogP contribution is 2.19. The summed E-state index contributed by atoms with van der Waals surface area (Å²) in [6.45, 7) is 6.85. The van der Waals surface area contributed by atoms with Gasteiger partial charge in [-0.15, -0.1) is 0 Å². The Balaban J connectivity index is 1.61. The second-order valence-electron chi connectivity index (χ2n) is 5.75. The van der Waals surface area contributed by atoms with E-state index in [-0.39, 0.29) is 0 Å². The summed E-state index contributed by atoms with van der Waals surface area (Å²) in [5.74, 6) is 1.36. The van der Waals surface area contributed by atoms with Crippen LogP contribution in [-0.4, -0.2) is 43.6 Å². The Labute approximate surface area is 127 Å². The minimum absolute atomic E-state index is 0.315. The van der Waals surface area contributed by atoms with Crippen molar-refractivity contribution in [2.75, 3.05) is 26.3 Å². The van der Waals surface area contributed by atoms with Crippen LogP contribution in [0.2, 0.25) is 0 Å². The summed E-state index contributed by atoms with van der Waals surface area (Å²) in [6, 6.07) is 8.02. The maximum absolute atomic E-state index is 9.93. The molecule has 3 atom stereocenters. The van der Waals surface area contributed by atoms with E-state index < -0.39 is 6.10 Å². The third-order valence-corrected chi connectivity index (χ3v) is 4.09. The van der Waals surface area contributed by atoms with Crippen molar-refractivity contribution < 1.29 is 14.6 Å². The van der Waals surface area contributed by atoms with Crippen LogP contribution in [0.15, 0.2) is 24.3 Å². The smallest absolute Gasteiger partial charge is 0.119 e. The summed E-state index contributed by atoms with van der Waals surface area (Å²) in [5, 5.41) is 13.2. The Morgan fingerprint density at radius 2 is 2.14 bits per heavy atom. The van der Waals surface area contributed by atoms with E-state index in [0.717, 1.165) is 31.7 Å².